The third-order valence-electron chi connectivity index (χ3n) is 5.04. The van der Waals surface area contributed by atoms with Crippen molar-refractivity contribution in [2.24, 2.45) is 0 Å². The molecule has 0 aliphatic rings. The Bertz CT molecular complexity index is 1200. The van der Waals surface area contributed by atoms with E-state index in [0.717, 1.165) is 12.1 Å². The van der Waals surface area contributed by atoms with Gasteiger partial charge in [-0.05, 0) is 60.7 Å². The summed E-state index contributed by atoms with van der Waals surface area (Å²) < 4.78 is 18.5. The Morgan fingerprint density at radius 3 is 2.03 bits per heavy atom. The van der Waals surface area contributed by atoms with Gasteiger partial charge in [0.05, 0.1) is 13.5 Å². The van der Waals surface area contributed by atoms with Crippen LogP contribution in [0.15, 0.2) is 66.7 Å². The second-order valence-corrected chi connectivity index (χ2v) is 8.54. The van der Waals surface area contributed by atoms with Gasteiger partial charge in [-0.15, -0.1) is 0 Å². The maximum absolute atomic E-state index is 13.8. The second kappa shape index (κ2) is 11.5. The average Bonchev–Trinajstić information content (AvgIpc) is 2.82. The first-order valence-electron chi connectivity index (χ1n) is 10.1. The summed E-state index contributed by atoms with van der Waals surface area (Å²) in [5.74, 6) is -2.20. The molecule has 5 nitrogen and oxygen atoms in total. The van der Waals surface area contributed by atoms with Crippen molar-refractivity contribution in [2.75, 3.05) is 12.0 Å². The number of halogens is 4. The fourth-order valence-corrected chi connectivity index (χ4v) is 3.89. The van der Waals surface area contributed by atoms with Gasteiger partial charge < -0.3 is 4.74 Å². The Balaban J connectivity index is 2.18. The molecule has 0 aromatic heterocycles. The van der Waals surface area contributed by atoms with Crippen molar-refractivity contribution < 1.29 is 23.5 Å². The number of carbonyl (C=O) groups excluding carboxylic acids is 3. The highest BCUT2D eigenvalue weighted by atomic mass is 35.5. The van der Waals surface area contributed by atoms with Crippen LogP contribution in [-0.4, -0.2) is 24.8 Å². The van der Waals surface area contributed by atoms with Crippen LogP contribution in [0, 0.1) is 5.82 Å². The van der Waals surface area contributed by atoms with Gasteiger partial charge in [-0.25, -0.2) is 4.39 Å². The van der Waals surface area contributed by atoms with Gasteiger partial charge in [-0.3, -0.25) is 19.3 Å². The first-order chi connectivity index (χ1) is 16.2. The smallest absolute Gasteiger partial charge is 0.306 e. The van der Waals surface area contributed by atoms with Crippen LogP contribution in [0.5, 0.6) is 0 Å². The van der Waals surface area contributed by atoms with Crippen LogP contribution in [0.4, 0.5) is 10.1 Å². The quantitative estimate of drug-likeness (QED) is 0.244. The molecular formula is C25H19Cl3FNO4. The summed E-state index contributed by atoms with van der Waals surface area (Å²) in [7, 11) is 1.22. The van der Waals surface area contributed by atoms with Gasteiger partial charge in [0.25, 0.3) is 0 Å². The standard InChI is InChI=1S/C25H19Cl3FNO4/c1-34-23(32)13-12-22(31)30(19-9-6-17(27)7-10-19)24(20-11-8-18(29)14-21(20)28)25(33)15-2-4-16(26)5-3-15/h2-11,14,24H,12-13H2,1H3. The molecule has 3 rings (SSSR count). The van der Waals surface area contributed by atoms with Crippen LogP contribution in [-0.2, 0) is 14.3 Å². The molecule has 0 fully saturated rings. The fraction of sp³-hybridized carbons (Fsp3) is 0.160. The molecule has 0 saturated heterocycles. The van der Waals surface area contributed by atoms with Gasteiger partial charge in [0.2, 0.25) is 5.91 Å². The van der Waals surface area contributed by atoms with Gasteiger partial charge in [0.15, 0.2) is 5.78 Å². The molecular weight excluding hydrogens is 504 g/mol. The molecule has 0 radical (unpaired) electrons. The van der Waals surface area contributed by atoms with E-state index in [1.165, 1.54) is 30.2 Å². The molecule has 0 bridgehead atoms. The number of anilines is 1. The summed E-state index contributed by atoms with van der Waals surface area (Å²) in [6, 6.07) is 14.7. The highest BCUT2D eigenvalue weighted by Gasteiger charge is 2.35. The molecule has 1 amide bonds. The molecule has 3 aromatic rings. The van der Waals surface area contributed by atoms with Crippen molar-refractivity contribution in [1.82, 2.24) is 0 Å². The number of methoxy groups -OCH3 is 1. The number of carbonyl (C=O) groups is 3. The zero-order valence-electron chi connectivity index (χ0n) is 17.9. The van der Waals surface area contributed by atoms with Crippen LogP contribution in [0.2, 0.25) is 15.1 Å². The monoisotopic (exact) mass is 521 g/mol. The van der Waals surface area contributed by atoms with E-state index in [2.05, 4.69) is 4.74 Å². The third-order valence-corrected chi connectivity index (χ3v) is 5.87. The van der Waals surface area contributed by atoms with Crippen LogP contribution >= 0.6 is 34.8 Å². The second-order valence-electron chi connectivity index (χ2n) is 7.26. The normalized spacial score (nSPS) is 11.6. The highest BCUT2D eigenvalue weighted by molar-refractivity contribution is 6.32. The number of amides is 1. The van der Waals surface area contributed by atoms with Crippen LogP contribution in [0.1, 0.15) is 34.8 Å². The lowest BCUT2D eigenvalue weighted by Crippen LogP contribution is -2.39. The number of ketones is 1. The zero-order chi connectivity index (χ0) is 24.8. The molecule has 176 valence electrons. The molecule has 0 spiro atoms. The summed E-state index contributed by atoms with van der Waals surface area (Å²) in [5, 5.41) is 0.815. The Kier molecular flexibility index (Phi) is 8.67. The van der Waals surface area contributed by atoms with Crippen molar-refractivity contribution in [3.8, 4) is 0 Å². The van der Waals surface area contributed by atoms with E-state index in [-0.39, 0.29) is 29.0 Å². The van der Waals surface area contributed by atoms with Crippen LogP contribution < -0.4 is 4.90 Å². The fourth-order valence-electron chi connectivity index (χ4n) is 3.36. The van der Waals surface area contributed by atoms with Crippen molar-refractivity contribution >= 4 is 58.1 Å². The number of nitrogens with zero attached hydrogens (tertiary/aromatic N) is 1. The van der Waals surface area contributed by atoms with E-state index in [0.29, 0.717) is 15.7 Å². The van der Waals surface area contributed by atoms with E-state index < -0.39 is 29.5 Å². The zero-order valence-corrected chi connectivity index (χ0v) is 20.2. The summed E-state index contributed by atoms with van der Waals surface area (Å²) in [6.07, 6.45) is -0.434. The minimum atomic E-state index is -1.26. The summed E-state index contributed by atoms with van der Waals surface area (Å²) in [6.45, 7) is 0. The number of ether oxygens (including phenoxy) is 1. The lowest BCUT2D eigenvalue weighted by molar-refractivity contribution is -0.141. The summed E-state index contributed by atoms with van der Waals surface area (Å²) in [4.78, 5) is 40.1. The Hall–Kier alpha value is -2.93. The number of hydrogen-bond donors (Lipinski definition) is 0. The number of rotatable bonds is 8. The molecule has 1 unspecified atom stereocenters. The predicted molar refractivity (Wildman–Crippen MR) is 130 cm³/mol. The first-order valence-corrected chi connectivity index (χ1v) is 11.2. The van der Waals surface area contributed by atoms with Crippen molar-refractivity contribution in [2.45, 2.75) is 18.9 Å². The van der Waals surface area contributed by atoms with Gasteiger partial charge in [-0.1, -0.05) is 40.9 Å². The molecule has 0 N–H and O–H groups in total. The van der Waals surface area contributed by atoms with Crippen LogP contribution in [0.3, 0.4) is 0 Å². The van der Waals surface area contributed by atoms with Gasteiger partial charge in [-0.2, -0.15) is 0 Å². The summed E-state index contributed by atoms with van der Waals surface area (Å²) >= 11 is 18.3. The van der Waals surface area contributed by atoms with Gasteiger partial charge in [0.1, 0.15) is 11.9 Å². The van der Waals surface area contributed by atoms with Crippen molar-refractivity contribution in [3.05, 3.63) is 98.7 Å². The Labute approximate surface area is 211 Å². The van der Waals surface area contributed by atoms with Crippen LogP contribution in [0.25, 0.3) is 0 Å². The van der Waals surface area contributed by atoms with E-state index in [9.17, 15) is 18.8 Å². The lowest BCUT2D eigenvalue weighted by atomic mass is 9.94. The summed E-state index contributed by atoms with van der Waals surface area (Å²) in [5.41, 5.74) is 0.811. The van der Waals surface area contributed by atoms with E-state index in [1.807, 2.05) is 0 Å². The molecule has 34 heavy (non-hydrogen) atoms. The van der Waals surface area contributed by atoms with E-state index in [4.69, 9.17) is 34.8 Å². The number of benzene rings is 3. The molecule has 9 heteroatoms. The Morgan fingerprint density at radius 1 is 0.882 bits per heavy atom. The largest absolute Gasteiger partial charge is 0.469 e. The minimum absolute atomic E-state index is 0.0351. The van der Waals surface area contributed by atoms with E-state index in [1.54, 1.807) is 36.4 Å². The highest BCUT2D eigenvalue weighted by Crippen LogP contribution is 2.36. The number of hydrogen-bond acceptors (Lipinski definition) is 4. The van der Waals surface area contributed by atoms with Crippen molar-refractivity contribution in [3.63, 3.8) is 0 Å². The molecule has 0 aliphatic carbocycles. The molecule has 3 aromatic carbocycles. The SMILES string of the molecule is COC(=O)CCC(=O)N(c1ccc(Cl)cc1)C(C(=O)c1ccc(Cl)cc1)c1ccc(F)cc1Cl. The molecule has 0 aliphatic heterocycles. The number of esters is 1. The molecule has 0 saturated carbocycles. The van der Waals surface area contributed by atoms with Crippen molar-refractivity contribution in [1.29, 1.82) is 0 Å². The number of Topliss-reactive ketones (excluding diaryl/α,β-unsaturated/α-hetero) is 1. The maximum Gasteiger partial charge on any atom is 0.306 e. The molecule has 0 heterocycles. The third kappa shape index (κ3) is 6.14. The molecule has 1 atom stereocenters. The Morgan fingerprint density at radius 2 is 1.47 bits per heavy atom. The average molecular weight is 523 g/mol. The minimum Gasteiger partial charge on any atom is -0.469 e. The maximum atomic E-state index is 13.8. The first kappa shape index (κ1) is 25.7. The topological polar surface area (TPSA) is 63.7 Å². The van der Waals surface area contributed by atoms with Gasteiger partial charge in [0, 0.05) is 38.3 Å². The predicted octanol–water partition coefficient (Wildman–Crippen LogP) is 6.70. The van der Waals surface area contributed by atoms with Gasteiger partial charge >= 0.3 is 5.97 Å². The van der Waals surface area contributed by atoms with E-state index >= 15 is 0 Å². The lowest BCUT2D eigenvalue weighted by Gasteiger charge is -2.32.